The molecule has 0 aliphatic heterocycles. The van der Waals surface area contributed by atoms with Crippen molar-refractivity contribution in [3.8, 4) is 11.1 Å². The topological polar surface area (TPSA) is 26.3 Å². The third-order valence-electron chi connectivity index (χ3n) is 5.67. The van der Waals surface area contributed by atoms with Gasteiger partial charge in [0.1, 0.15) is 0 Å². The number of hydrogen-bond acceptors (Lipinski definition) is 2. The second-order valence-corrected chi connectivity index (χ2v) is 7.43. The molecule has 2 aliphatic rings. The van der Waals surface area contributed by atoms with E-state index >= 15 is 0 Å². The van der Waals surface area contributed by atoms with Crippen molar-refractivity contribution in [2.75, 3.05) is 0 Å². The molecule has 1 atom stereocenters. The van der Waals surface area contributed by atoms with E-state index in [9.17, 15) is 4.79 Å². The molecule has 3 aromatic carbocycles. The lowest BCUT2D eigenvalue weighted by Crippen LogP contribution is -2.34. The van der Waals surface area contributed by atoms with Crippen LogP contribution in [0.25, 0.3) is 21.9 Å². The third kappa shape index (κ3) is 1.96. The Morgan fingerprint density at radius 3 is 2.50 bits per heavy atom. The van der Waals surface area contributed by atoms with Crippen LogP contribution in [-0.2, 0) is 15.1 Å². The summed E-state index contributed by atoms with van der Waals surface area (Å²) in [6, 6.07) is 21.1. The molecule has 0 amide bonds. The molecule has 0 N–H and O–H groups in total. The zero-order chi connectivity index (χ0) is 17.9. The smallest absolute Gasteiger partial charge is 0.334 e. The van der Waals surface area contributed by atoms with E-state index in [1.165, 1.54) is 21.9 Å². The van der Waals surface area contributed by atoms with Gasteiger partial charge >= 0.3 is 5.97 Å². The summed E-state index contributed by atoms with van der Waals surface area (Å²) in [5, 5.41) is 2.35. The van der Waals surface area contributed by atoms with E-state index in [1.54, 1.807) is 6.92 Å². The van der Waals surface area contributed by atoms with Gasteiger partial charge in [-0.3, -0.25) is 0 Å². The largest absolute Gasteiger partial charge is 0.446 e. The Balaban J connectivity index is 1.88. The van der Waals surface area contributed by atoms with Crippen LogP contribution < -0.4 is 0 Å². The number of fused-ring (bicyclic) bond motifs is 5. The highest BCUT2D eigenvalue weighted by Crippen LogP contribution is 2.61. The Hall–Kier alpha value is -2.87. The minimum absolute atomic E-state index is 0.313. The number of ether oxygens (including phenoxy) is 1. The summed E-state index contributed by atoms with van der Waals surface area (Å²) in [4.78, 5) is 12.7. The van der Waals surface area contributed by atoms with E-state index in [2.05, 4.69) is 61.2 Å². The van der Waals surface area contributed by atoms with Crippen molar-refractivity contribution in [3.05, 3.63) is 83.9 Å². The molecule has 0 heterocycles. The van der Waals surface area contributed by atoms with Crippen LogP contribution in [0.3, 0.4) is 0 Å². The van der Waals surface area contributed by atoms with Crippen LogP contribution in [0.15, 0.2) is 72.8 Å². The first-order valence-corrected chi connectivity index (χ1v) is 9.14. The van der Waals surface area contributed by atoms with Crippen LogP contribution >= 0.6 is 0 Å². The molecule has 0 radical (unpaired) electrons. The summed E-state index contributed by atoms with van der Waals surface area (Å²) >= 11 is 0. The fraction of sp³-hybridized carbons (Fsp3) is 0.208. The first-order valence-electron chi connectivity index (χ1n) is 9.14. The van der Waals surface area contributed by atoms with Crippen molar-refractivity contribution in [2.45, 2.75) is 25.4 Å². The molecule has 1 saturated carbocycles. The van der Waals surface area contributed by atoms with Crippen molar-refractivity contribution < 1.29 is 9.53 Å². The Bertz CT molecular complexity index is 1070. The Kier molecular flexibility index (Phi) is 3.14. The maximum Gasteiger partial charge on any atom is 0.334 e. The molecule has 3 aromatic rings. The van der Waals surface area contributed by atoms with Gasteiger partial charge in [-0.2, -0.15) is 0 Å². The van der Waals surface area contributed by atoms with Gasteiger partial charge in [0.05, 0.1) is 0 Å². The minimum atomic E-state index is -0.706. The summed E-state index contributed by atoms with van der Waals surface area (Å²) in [5.74, 6) is 0.00601. The molecule has 0 spiro atoms. The second kappa shape index (κ2) is 5.31. The molecule has 2 heteroatoms. The molecule has 0 saturated heterocycles. The lowest BCUT2D eigenvalue weighted by molar-refractivity contribution is -0.153. The van der Waals surface area contributed by atoms with Crippen molar-refractivity contribution in [1.82, 2.24) is 0 Å². The maximum absolute atomic E-state index is 12.7. The molecule has 0 bridgehead atoms. The van der Waals surface area contributed by atoms with Crippen LogP contribution in [-0.4, -0.2) is 5.97 Å². The van der Waals surface area contributed by atoms with Crippen LogP contribution in [0.2, 0.25) is 0 Å². The Morgan fingerprint density at radius 2 is 1.73 bits per heavy atom. The van der Waals surface area contributed by atoms with Crippen LogP contribution in [0.5, 0.6) is 0 Å². The zero-order valence-electron chi connectivity index (χ0n) is 14.8. The van der Waals surface area contributed by atoms with Crippen molar-refractivity contribution in [2.24, 2.45) is 5.92 Å². The molecule has 128 valence electrons. The molecular weight excluding hydrogens is 320 g/mol. The summed E-state index contributed by atoms with van der Waals surface area (Å²) in [5.41, 5.74) is 4.35. The fourth-order valence-electron chi connectivity index (χ4n) is 4.41. The van der Waals surface area contributed by atoms with Gasteiger partial charge in [0.25, 0.3) is 0 Å². The van der Waals surface area contributed by atoms with Crippen molar-refractivity contribution >= 4 is 16.7 Å². The van der Waals surface area contributed by atoms with Gasteiger partial charge in [-0.25, -0.2) is 4.79 Å². The summed E-state index contributed by atoms with van der Waals surface area (Å²) in [6.45, 7) is 5.52. The number of carbonyl (C=O) groups is 1. The van der Waals surface area contributed by atoms with Gasteiger partial charge in [-0.15, -0.1) is 0 Å². The molecular formula is C24H20O2. The normalized spacial score (nSPS) is 20.5. The number of rotatable bonds is 3. The molecule has 2 aliphatic carbocycles. The molecule has 1 unspecified atom stereocenters. The van der Waals surface area contributed by atoms with E-state index in [0.29, 0.717) is 11.5 Å². The van der Waals surface area contributed by atoms with Gasteiger partial charge in [0.2, 0.25) is 0 Å². The highest BCUT2D eigenvalue weighted by atomic mass is 16.6. The Morgan fingerprint density at radius 1 is 1.00 bits per heavy atom. The lowest BCUT2D eigenvalue weighted by atomic mass is 9.83. The number of benzene rings is 3. The van der Waals surface area contributed by atoms with Crippen molar-refractivity contribution in [1.29, 1.82) is 0 Å². The van der Waals surface area contributed by atoms with Crippen molar-refractivity contribution in [3.63, 3.8) is 0 Å². The number of hydrogen-bond donors (Lipinski definition) is 0. The molecule has 26 heavy (non-hydrogen) atoms. The monoisotopic (exact) mass is 340 g/mol. The fourth-order valence-corrected chi connectivity index (χ4v) is 4.41. The standard InChI is InChI=1S/C24H20O2/c1-15(2)23(25)26-24(17-12-13-17)21-10-6-5-9-19(21)20-14-11-16-7-3-4-8-18(16)22(20)24/h3-11,14,17H,1,12-13H2,2H3. The minimum Gasteiger partial charge on any atom is -0.446 e. The van der Waals surface area contributed by atoms with E-state index in [0.717, 1.165) is 24.0 Å². The number of esters is 1. The molecule has 2 nitrogen and oxygen atoms in total. The first-order chi connectivity index (χ1) is 12.6. The third-order valence-corrected chi connectivity index (χ3v) is 5.67. The highest BCUT2D eigenvalue weighted by Gasteiger charge is 2.56. The van der Waals surface area contributed by atoms with E-state index < -0.39 is 5.60 Å². The van der Waals surface area contributed by atoms with E-state index in [1.807, 2.05) is 6.07 Å². The predicted molar refractivity (Wildman–Crippen MR) is 104 cm³/mol. The zero-order valence-corrected chi connectivity index (χ0v) is 14.8. The lowest BCUT2D eigenvalue weighted by Gasteiger charge is -2.33. The van der Waals surface area contributed by atoms with Crippen LogP contribution in [0.4, 0.5) is 0 Å². The summed E-state index contributed by atoms with van der Waals surface area (Å²) < 4.78 is 6.31. The van der Waals surface area contributed by atoms with Gasteiger partial charge in [-0.05, 0) is 41.7 Å². The van der Waals surface area contributed by atoms with E-state index in [4.69, 9.17) is 4.74 Å². The number of carbonyl (C=O) groups excluding carboxylic acids is 1. The van der Waals surface area contributed by atoms with E-state index in [-0.39, 0.29) is 5.97 Å². The van der Waals surface area contributed by atoms with Crippen LogP contribution in [0, 0.1) is 5.92 Å². The van der Waals surface area contributed by atoms with Gasteiger partial charge < -0.3 is 4.74 Å². The van der Waals surface area contributed by atoms with Gasteiger partial charge in [0.15, 0.2) is 5.60 Å². The average molecular weight is 340 g/mol. The predicted octanol–water partition coefficient (Wildman–Crippen LogP) is 5.59. The van der Waals surface area contributed by atoms with Crippen LogP contribution in [0.1, 0.15) is 30.9 Å². The Labute approximate surface area is 153 Å². The summed E-state index contributed by atoms with van der Waals surface area (Å²) in [7, 11) is 0. The SMILES string of the molecule is C=C(C)C(=O)OC1(C2CC2)c2ccccc2-c2ccc3ccccc3c21. The maximum atomic E-state index is 12.7. The first kappa shape index (κ1) is 15.4. The highest BCUT2D eigenvalue weighted by molar-refractivity contribution is 5.98. The quantitative estimate of drug-likeness (QED) is 0.459. The van der Waals surface area contributed by atoms with Gasteiger partial charge in [-0.1, -0.05) is 67.2 Å². The van der Waals surface area contributed by atoms with Gasteiger partial charge in [0, 0.05) is 22.6 Å². The molecule has 1 fully saturated rings. The summed E-state index contributed by atoms with van der Waals surface area (Å²) in [6.07, 6.45) is 2.14. The molecule has 0 aromatic heterocycles. The average Bonchev–Trinajstić information content (AvgIpc) is 3.47. The second-order valence-electron chi connectivity index (χ2n) is 7.43. The molecule has 5 rings (SSSR count).